The molecule has 2 aromatic carbocycles. The zero-order chi connectivity index (χ0) is 21.3. The number of benzene rings is 2. The van der Waals surface area contributed by atoms with Gasteiger partial charge in [0.1, 0.15) is 0 Å². The van der Waals surface area contributed by atoms with E-state index in [-0.39, 0.29) is 29.2 Å². The molecule has 0 fully saturated rings. The Balaban J connectivity index is 1.71. The molecule has 0 aliphatic heterocycles. The van der Waals surface area contributed by atoms with Crippen molar-refractivity contribution >= 4 is 11.2 Å². The number of aromatic nitrogens is 3. The van der Waals surface area contributed by atoms with Crippen molar-refractivity contribution in [2.75, 3.05) is 0 Å². The Morgan fingerprint density at radius 3 is 2.53 bits per heavy atom. The van der Waals surface area contributed by atoms with Crippen molar-refractivity contribution in [2.45, 2.75) is 13.0 Å². The van der Waals surface area contributed by atoms with E-state index in [9.17, 15) is 18.4 Å². The molecule has 0 N–H and O–H groups in total. The lowest BCUT2D eigenvalue weighted by Crippen LogP contribution is -2.39. The molecule has 6 nitrogen and oxygen atoms in total. The standard InChI is InChI=1S/C22H15F2N3O3/c1-26-21-19(25-18(30-21)9-5-8-14-6-3-2-4-7-14)20(28)27(22(26)29)13-15-10-11-16(23)17(24)12-15/h2-4,6-7,10-12H,8,13H2,1H3. The third-order valence-electron chi connectivity index (χ3n) is 4.53. The molecular weight excluding hydrogens is 392 g/mol. The minimum Gasteiger partial charge on any atom is -0.412 e. The molecule has 0 amide bonds. The van der Waals surface area contributed by atoms with E-state index in [4.69, 9.17) is 4.42 Å². The summed E-state index contributed by atoms with van der Waals surface area (Å²) >= 11 is 0. The fourth-order valence-electron chi connectivity index (χ4n) is 2.99. The summed E-state index contributed by atoms with van der Waals surface area (Å²) in [5.74, 6) is 3.62. The zero-order valence-electron chi connectivity index (χ0n) is 15.9. The maximum atomic E-state index is 13.5. The number of nitrogens with zero attached hydrogens (tertiary/aromatic N) is 3. The molecule has 0 aliphatic carbocycles. The molecule has 0 unspecified atom stereocenters. The van der Waals surface area contributed by atoms with E-state index in [1.54, 1.807) is 0 Å². The van der Waals surface area contributed by atoms with Crippen molar-refractivity contribution in [1.29, 1.82) is 0 Å². The van der Waals surface area contributed by atoms with Crippen LogP contribution in [0, 0.1) is 23.5 Å². The van der Waals surface area contributed by atoms with Crippen LogP contribution in [0.4, 0.5) is 8.78 Å². The summed E-state index contributed by atoms with van der Waals surface area (Å²) in [5, 5.41) is 0. The normalized spacial score (nSPS) is 10.8. The highest BCUT2D eigenvalue weighted by molar-refractivity contribution is 5.67. The summed E-state index contributed by atoms with van der Waals surface area (Å²) in [6.45, 7) is -0.236. The van der Waals surface area contributed by atoms with Crippen LogP contribution in [0.3, 0.4) is 0 Å². The van der Waals surface area contributed by atoms with Gasteiger partial charge in [0.15, 0.2) is 17.2 Å². The van der Waals surface area contributed by atoms with Crippen molar-refractivity contribution in [3.8, 4) is 11.8 Å². The van der Waals surface area contributed by atoms with E-state index >= 15 is 0 Å². The maximum absolute atomic E-state index is 13.5. The number of rotatable bonds is 3. The summed E-state index contributed by atoms with van der Waals surface area (Å²) in [6, 6.07) is 12.8. The lowest BCUT2D eigenvalue weighted by atomic mass is 10.2. The Labute approximate surface area is 169 Å². The number of oxazole rings is 1. The summed E-state index contributed by atoms with van der Waals surface area (Å²) in [6.07, 6.45) is 0.471. The highest BCUT2D eigenvalue weighted by atomic mass is 19.2. The van der Waals surface area contributed by atoms with E-state index in [0.29, 0.717) is 6.42 Å². The van der Waals surface area contributed by atoms with Crippen LogP contribution >= 0.6 is 0 Å². The van der Waals surface area contributed by atoms with Crippen LogP contribution in [0.25, 0.3) is 11.2 Å². The number of hydrogen-bond acceptors (Lipinski definition) is 4. The predicted octanol–water partition coefficient (Wildman–Crippen LogP) is 2.61. The quantitative estimate of drug-likeness (QED) is 0.490. The van der Waals surface area contributed by atoms with Gasteiger partial charge in [-0.3, -0.25) is 13.9 Å². The van der Waals surface area contributed by atoms with Gasteiger partial charge >= 0.3 is 5.69 Å². The molecule has 30 heavy (non-hydrogen) atoms. The van der Waals surface area contributed by atoms with E-state index in [1.807, 2.05) is 30.3 Å². The second kappa shape index (κ2) is 7.79. The van der Waals surface area contributed by atoms with Gasteiger partial charge in [-0.25, -0.2) is 13.6 Å². The first-order chi connectivity index (χ1) is 14.4. The molecule has 0 radical (unpaired) electrons. The Morgan fingerprint density at radius 1 is 1.03 bits per heavy atom. The average molecular weight is 407 g/mol. The van der Waals surface area contributed by atoms with Crippen LogP contribution in [-0.2, 0) is 20.0 Å². The van der Waals surface area contributed by atoms with Gasteiger partial charge in [0.2, 0.25) is 5.71 Å². The van der Waals surface area contributed by atoms with E-state index < -0.39 is 22.9 Å². The third kappa shape index (κ3) is 3.65. The topological polar surface area (TPSA) is 70.0 Å². The van der Waals surface area contributed by atoms with Crippen molar-refractivity contribution < 1.29 is 13.2 Å². The van der Waals surface area contributed by atoms with Crippen molar-refractivity contribution in [2.24, 2.45) is 7.05 Å². The molecule has 0 atom stereocenters. The van der Waals surface area contributed by atoms with Crippen molar-refractivity contribution in [1.82, 2.24) is 14.1 Å². The van der Waals surface area contributed by atoms with Gasteiger partial charge in [0.05, 0.1) is 6.54 Å². The second-order valence-electron chi connectivity index (χ2n) is 6.62. The molecule has 150 valence electrons. The third-order valence-corrected chi connectivity index (χ3v) is 4.53. The monoisotopic (exact) mass is 407 g/mol. The first-order valence-electron chi connectivity index (χ1n) is 9.01. The van der Waals surface area contributed by atoms with Crippen LogP contribution in [0.1, 0.15) is 17.0 Å². The molecule has 2 aromatic heterocycles. The van der Waals surface area contributed by atoms with Crippen molar-refractivity contribution in [3.63, 3.8) is 0 Å². The summed E-state index contributed by atoms with van der Waals surface area (Å²) < 4.78 is 34.1. The van der Waals surface area contributed by atoms with Crippen LogP contribution in [-0.4, -0.2) is 14.1 Å². The fraction of sp³-hybridized carbons (Fsp3) is 0.136. The summed E-state index contributed by atoms with van der Waals surface area (Å²) in [4.78, 5) is 29.5. The Bertz CT molecular complexity index is 1420. The number of hydrogen-bond donors (Lipinski definition) is 0. The van der Waals surface area contributed by atoms with E-state index in [1.165, 1.54) is 13.1 Å². The fourth-order valence-corrected chi connectivity index (χ4v) is 2.99. The Hall–Kier alpha value is -3.99. The van der Waals surface area contributed by atoms with Crippen LogP contribution in [0.15, 0.2) is 62.5 Å². The number of halogens is 2. The lowest BCUT2D eigenvalue weighted by molar-refractivity contribution is 0.505. The van der Waals surface area contributed by atoms with Gasteiger partial charge < -0.3 is 4.42 Å². The van der Waals surface area contributed by atoms with E-state index in [0.717, 1.165) is 26.8 Å². The molecular formula is C22H15F2N3O3. The van der Waals surface area contributed by atoms with Crippen LogP contribution in [0.2, 0.25) is 0 Å². The summed E-state index contributed by atoms with van der Waals surface area (Å²) in [7, 11) is 1.43. The second-order valence-corrected chi connectivity index (χ2v) is 6.62. The van der Waals surface area contributed by atoms with Gasteiger partial charge in [0.25, 0.3) is 11.4 Å². The molecule has 8 heteroatoms. The van der Waals surface area contributed by atoms with E-state index in [2.05, 4.69) is 16.8 Å². The first-order valence-corrected chi connectivity index (χ1v) is 9.01. The van der Waals surface area contributed by atoms with Gasteiger partial charge in [-0.2, -0.15) is 4.98 Å². The molecule has 0 aliphatic rings. The first kappa shape index (κ1) is 19.3. The smallest absolute Gasteiger partial charge is 0.333 e. The number of fused-ring (bicyclic) bond motifs is 1. The van der Waals surface area contributed by atoms with Crippen LogP contribution < -0.4 is 11.2 Å². The van der Waals surface area contributed by atoms with Gasteiger partial charge in [-0.15, -0.1) is 0 Å². The average Bonchev–Trinajstić information content (AvgIpc) is 3.17. The van der Waals surface area contributed by atoms with Gasteiger partial charge in [-0.1, -0.05) is 42.3 Å². The largest absolute Gasteiger partial charge is 0.412 e. The molecule has 0 spiro atoms. The van der Waals surface area contributed by atoms with Gasteiger partial charge in [0, 0.05) is 13.5 Å². The minimum atomic E-state index is -1.06. The zero-order valence-corrected chi connectivity index (χ0v) is 15.9. The molecule has 2 heterocycles. The van der Waals surface area contributed by atoms with Crippen LogP contribution in [0.5, 0.6) is 0 Å². The Morgan fingerprint density at radius 2 is 1.80 bits per heavy atom. The lowest BCUT2D eigenvalue weighted by Gasteiger charge is -2.07. The molecule has 4 rings (SSSR count). The molecule has 0 bridgehead atoms. The molecule has 0 saturated heterocycles. The van der Waals surface area contributed by atoms with Gasteiger partial charge in [-0.05, 0) is 29.2 Å². The Kier molecular flexibility index (Phi) is 5.02. The molecule has 0 saturated carbocycles. The highest BCUT2D eigenvalue weighted by Crippen LogP contribution is 2.11. The number of aryl methyl sites for hydroxylation is 1. The maximum Gasteiger partial charge on any atom is 0.333 e. The van der Waals surface area contributed by atoms with Crippen molar-refractivity contribution in [3.05, 3.63) is 98.0 Å². The highest BCUT2D eigenvalue weighted by Gasteiger charge is 2.17. The minimum absolute atomic E-state index is 0.00412. The summed E-state index contributed by atoms with van der Waals surface area (Å²) in [5.41, 5.74) is -0.157. The predicted molar refractivity (Wildman–Crippen MR) is 106 cm³/mol. The SMILES string of the molecule is Cn1c(=O)n(Cc2ccc(F)c(F)c2)c(=O)c2nc(C#CCc3ccccc3)oc21. The molecule has 4 aromatic rings.